The molecule has 3 rings (SSSR count). The summed E-state index contributed by atoms with van der Waals surface area (Å²) in [5.41, 5.74) is 7.62. The Morgan fingerprint density at radius 1 is 1.19 bits per heavy atom. The maximum atomic E-state index is 6.33. The smallest absolute Gasteiger partial charge is 0.130 e. The van der Waals surface area contributed by atoms with Crippen LogP contribution in [0.15, 0.2) is 30.3 Å². The second-order valence-electron chi connectivity index (χ2n) is 6.34. The molecule has 0 aliphatic heterocycles. The fraction of sp³-hybridized carbons (Fsp3) is 0.500. The molecule has 1 aliphatic rings. The number of ether oxygens (including phenoxy) is 1. The average Bonchev–Trinajstić information content (AvgIpc) is 2.51. The molecule has 3 unspecified atom stereocenters. The van der Waals surface area contributed by atoms with E-state index >= 15 is 0 Å². The lowest BCUT2D eigenvalue weighted by Gasteiger charge is -2.32. The number of rotatable bonds is 3. The van der Waals surface area contributed by atoms with Crippen LogP contribution in [0.5, 0.6) is 5.75 Å². The summed E-state index contributed by atoms with van der Waals surface area (Å²) < 4.78 is 6.33. The van der Waals surface area contributed by atoms with Gasteiger partial charge in [-0.1, -0.05) is 26.0 Å². The topological polar surface area (TPSA) is 48.1 Å². The second kappa shape index (κ2) is 6.02. The summed E-state index contributed by atoms with van der Waals surface area (Å²) in [6.07, 6.45) is 3.83. The van der Waals surface area contributed by atoms with Gasteiger partial charge in [0.2, 0.25) is 0 Å². The van der Waals surface area contributed by atoms with Crippen molar-refractivity contribution in [2.75, 3.05) is 0 Å². The van der Waals surface area contributed by atoms with Crippen LogP contribution in [0.2, 0.25) is 0 Å². The highest BCUT2D eigenvalue weighted by atomic mass is 16.5. The molecule has 3 heteroatoms. The largest absolute Gasteiger partial charge is 0.490 e. The summed E-state index contributed by atoms with van der Waals surface area (Å²) in [6.45, 7) is 5.12. The molecule has 0 radical (unpaired) electrons. The van der Waals surface area contributed by atoms with Gasteiger partial charge in [-0.3, -0.25) is 4.98 Å². The van der Waals surface area contributed by atoms with E-state index in [0.717, 1.165) is 47.0 Å². The summed E-state index contributed by atoms with van der Waals surface area (Å²) in [5, 5.41) is 1.08. The highest BCUT2D eigenvalue weighted by molar-refractivity contribution is 5.85. The predicted molar refractivity (Wildman–Crippen MR) is 86.2 cm³/mol. The van der Waals surface area contributed by atoms with E-state index in [-0.39, 0.29) is 0 Å². The van der Waals surface area contributed by atoms with E-state index in [4.69, 9.17) is 10.5 Å². The van der Waals surface area contributed by atoms with Crippen molar-refractivity contribution in [1.29, 1.82) is 0 Å². The molecule has 112 valence electrons. The molecule has 1 fully saturated rings. The van der Waals surface area contributed by atoms with Gasteiger partial charge in [0.25, 0.3) is 0 Å². The van der Waals surface area contributed by atoms with Crippen molar-refractivity contribution >= 4 is 10.9 Å². The minimum atomic E-state index is 0.313. The summed E-state index contributed by atoms with van der Waals surface area (Å²) >= 11 is 0. The molecule has 1 aromatic carbocycles. The van der Waals surface area contributed by atoms with Crippen LogP contribution in [-0.4, -0.2) is 11.1 Å². The van der Waals surface area contributed by atoms with Crippen molar-refractivity contribution in [2.45, 2.75) is 45.8 Å². The third kappa shape index (κ3) is 3.03. The van der Waals surface area contributed by atoms with E-state index in [0.29, 0.717) is 12.6 Å². The normalized spacial score (nSPS) is 26.0. The summed E-state index contributed by atoms with van der Waals surface area (Å²) in [4.78, 5) is 4.57. The molecule has 0 saturated heterocycles. The zero-order valence-corrected chi connectivity index (χ0v) is 12.9. The number of hydrogen-bond donors (Lipinski definition) is 1. The number of pyridine rings is 1. The molecule has 2 aromatic rings. The molecule has 0 bridgehead atoms. The number of nitrogens with zero attached hydrogens (tertiary/aromatic N) is 1. The number of hydrogen-bond acceptors (Lipinski definition) is 3. The Balaban J connectivity index is 1.89. The summed E-state index contributed by atoms with van der Waals surface area (Å²) in [7, 11) is 0. The van der Waals surface area contributed by atoms with E-state index in [9.17, 15) is 0 Å². The lowest BCUT2D eigenvalue weighted by atomic mass is 9.80. The van der Waals surface area contributed by atoms with Crippen LogP contribution in [0.4, 0.5) is 0 Å². The zero-order chi connectivity index (χ0) is 14.8. The standard InChI is InChI=1S/C18H24N2O/c1-12-7-8-15(9-13(12)2)21-18-10-14(11-19)20-17-6-4-3-5-16(17)18/h3-6,10,12-13,15H,7-9,11,19H2,1-2H3. The van der Waals surface area contributed by atoms with Crippen molar-refractivity contribution in [2.24, 2.45) is 17.6 Å². The van der Waals surface area contributed by atoms with Crippen LogP contribution in [-0.2, 0) is 6.54 Å². The maximum Gasteiger partial charge on any atom is 0.130 e. The van der Waals surface area contributed by atoms with Gasteiger partial charge < -0.3 is 10.5 Å². The monoisotopic (exact) mass is 284 g/mol. The zero-order valence-electron chi connectivity index (χ0n) is 12.9. The van der Waals surface area contributed by atoms with Gasteiger partial charge in [0.05, 0.1) is 17.3 Å². The Hall–Kier alpha value is -1.61. The van der Waals surface area contributed by atoms with Crippen molar-refractivity contribution in [3.05, 3.63) is 36.0 Å². The fourth-order valence-corrected chi connectivity index (χ4v) is 3.18. The van der Waals surface area contributed by atoms with Crippen LogP contribution in [0.1, 0.15) is 38.8 Å². The summed E-state index contributed by atoms with van der Waals surface area (Å²) in [6, 6.07) is 10.1. The highest BCUT2D eigenvalue weighted by Gasteiger charge is 2.26. The third-order valence-electron chi connectivity index (χ3n) is 4.78. The minimum absolute atomic E-state index is 0.313. The first-order valence-electron chi connectivity index (χ1n) is 7.92. The number of nitrogens with two attached hydrogens (primary N) is 1. The number of benzene rings is 1. The molecule has 2 N–H and O–H groups in total. The lowest BCUT2D eigenvalue weighted by molar-refractivity contribution is 0.102. The van der Waals surface area contributed by atoms with Gasteiger partial charge in [0.1, 0.15) is 5.75 Å². The van der Waals surface area contributed by atoms with Gasteiger partial charge in [-0.15, -0.1) is 0 Å². The molecular formula is C18H24N2O. The number of para-hydroxylation sites is 1. The predicted octanol–water partition coefficient (Wildman–Crippen LogP) is 3.90. The number of fused-ring (bicyclic) bond motifs is 1. The van der Waals surface area contributed by atoms with Crippen molar-refractivity contribution in [3.63, 3.8) is 0 Å². The minimum Gasteiger partial charge on any atom is -0.490 e. The van der Waals surface area contributed by atoms with Gasteiger partial charge in [0.15, 0.2) is 0 Å². The third-order valence-corrected chi connectivity index (χ3v) is 4.78. The number of aromatic nitrogens is 1. The van der Waals surface area contributed by atoms with Crippen molar-refractivity contribution < 1.29 is 4.74 Å². The average molecular weight is 284 g/mol. The second-order valence-corrected chi connectivity index (χ2v) is 6.34. The quantitative estimate of drug-likeness (QED) is 0.930. The molecular weight excluding hydrogens is 260 g/mol. The fourth-order valence-electron chi connectivity index (χ4n) is 3.18. The van der Waals surface area contributed by atoms with Crippen LogP contribution in [0, 0.1) is 11.8 Å². The molecule has 1 aliphatic carbocycles. The molecule has 1 heterocycles. The van der Waals surface area contributed by atoms with Crippen molar-refractivity contribution in [3.8, 4) is 5.75 Å². The molecule has 1 aromatic heterocycles. The molecule has 1 saturated carbocycles. The molecule has 3 nitrogen and oxygen atoms in total. The Labute approximate surface area is 126 Å². The van der Waals surface area contributed by atoms with Crippen LogP contribution in [0.3, 0.4) is 0 Å². The Morgan fingerprint density at radius 2 is 2.00 bits per heavy atom. The molecule has 21 heavy (non-hydrogen) atoms. The van der Waals surface area contributed by atoms with Crippen LogP contribution in [0.25, 0.3) is 10.9 Å². The van der Waals surface area contributed by atoms with Gasteiger partial charge in [-0.25, -0.2) is 0 Å². The van der Waals surface area contributed by atoms with E-state index in [1.54, 1.807) is 0 Å². The van der Waals surface area contributed by atoms with Crippen LogP contribution < -0.4 is 10.5 Å². The molecule has 0 spiro atoms. The first-order valence-corrected chi connectivity index (χ1v) is 7.92. The van der Waals surface area contributed by atoms with Gasteiger partial charge >= 0.3 is 0 Å². The SMILES string of the molecule is CC1CCC(Oc2cc(CN)nc3ccccc23)CC1C. The first kappa shape index (κ1) is 14.3. The van der Waals surface area contributed by atoms with Gasteiger partial charge in [0, 0.05) is 18.0 Å². The van der Waals surface area contributed by atoms with Crippen LogP contribution >= 0.6 is 0 Å². The van der Waals surface area contributed by atoms with E-state index < -0.39 is 0 Å². The summed E-state index contributed by atoms with van der Waals surface area (Å²) in [5.74, 6) is 2.47. The van der Waals surface area contributed by atoms with E-state index in [1.165, 1.54) is 6.42 Å². The molecule has 3 atom stereocenters. The van der Waals surface area contributed by atoms with Gasteiger partial charge in [-0.05, 0) is 43.2 Å². The highest BCUT2D eigenvalue weighted by Crippen LogP contribution is 2.34. The first-order chi connectivity index (χ1) is 10.2. The lowest BCUT2D eigenvalue weighted by Crippen LogP contribution is -2.28. The maximum absolute atomic E-state index is 6.33. The Bertz CT molecular complexity index is 626. The Kier molecular flexibility index (Phi) is 4.11. The van der Waals surface area contributed by atoms with E-state index in [2.05, 4.69) is 24.9 Å². The van der Waals surface area contributed by atoms with E-state index in [1.807, 2.05) is 24.3 Å². The molecule has 0 amide bonds. The Morgan fingerprint density at radius 3 is 2.76 bits per heavy atom. The van der Waals surface area contributed by atoms with Crippen molar-refractivity contribution in [1.82, 2.24) is 4.98 Å². The van der Waals surface area contributed by atoms with Gasteiger partial charge in [-0.2, -0.15) is 0 Å².